The van der Waals surface area contributed by atoms with Crippen LogP contribution in [0.3, 0.4) is 0 Å². The Kier molecular flexibility index (Phi) is 3.85. The summed E-state index contributed by atoms with van der Waals surface area (Å²) in [5.74, 6) is 1.98. The summed E-state index contributed by atoms with van der Waals surface area (Å²) in [6.07, 6.45) is 5.04. The van der Waals surface area contributed by atoms with Gasteiger partial charge < -0.3 is 10.2 Å². The molecule has 0 aromatic carbocycles. The first-order chi connectivity index (χ1) is 12.2. The minimum atomic E-state index is -0.0783. The highest BCUT2D eigenvalue weighted by Crippen LogP contribution is 2.24. The second-order valence-electron chi connectivity index (χ2n) is 5.94. The first-order valence-corrected chi connectivity index (χ1v) is 8.00. The number of nitrogens with zero attached hydrogens (tertiary/aromatic N) is 6. The minimum Gasteiger partial charge on any atom is -0.355 e. The first kappa shape index (κ1) is 15.3. The molecule has 0 bridgehead atoms. The summed E-state index contributed by atoms with van der Waals surface area (Å²) in [6.45, 7) is 3.13. The van der Waals surface area contributed by atoms with Crippen LogP contribution in [0, 0.1) is 12.8 Å². The number of amides is 1. The van der Waals surface area contributed by atoms with Crippen LogP contribution in [0.2, 0.25) is 0 Å². The zero-order valence-corrected chi connectivity index (χ0v) is 13.7. The molecular weight excluding hydrogens is 318 g/mol. The van der Waals surface area contributed by atoms with Crippen molar-refractivity contribution in [2.24, 2.45) is 5.92 Å². The maximum Gasteiger partial charge on any atom is 0.232 e. The van der Waals surface area contributed by atoms with Crippen molar-refractivity contribution in [2.75, 3.05) is 23.3 Å². The Hall–Kier alpha value is -3.29. The number of aryl methyl sites for hydroxylation is 1. The minimum absolute atomic E-state index is 0.0179. The van der Waals surface area contributed by atoms with Gasteiger partial charge in [-0.2, -0.15) is 5.10 Å². The lowest BCUT2D eigenvalue weighted by molar-refractivity contribution is -0.120. The summed E-state index contributed by atoms with van der Waals surface area (Å²) in [5, 5.41) is 7.03. The van der Waals surface area contributed by atoms with Gasteiger partial charge in [-0.25, -0.2) is 19.6 Å². The third-order valence-electron chi connectivity index (χ3n) is 4.09. The molecule has 3 aromatic rings. The molecule has 1 N–H and O–H groups in total. The molecule has 4 rings (SSSR count). The Morgan fingerprint density at radius 2 is 2.04 bits per heavy atom. The summed E-state index contributed by atoms with van der Waals surface area (Å²) in [7, 11) is 0. The Labute approximate surface area is 144 Å². The Balaban J connectivity index is 1.39. The molecule has 1 fully saturated rings. The third kappa shape index (κ3) is 3.18. The molecule has 0 atom stereocenters. The quantitative estimate of drug-likeness (QED) is 0.776. The molecule has 0 saturated carbocycles. The normalized spacial score (nSPS) is 14.2. The van der Waals surface area contributed by atoms with Gasteiger partial charge in [0.05, 0.1) is 5.92 Å². The van der Waals surface area contributed by atoms with Crippen molar-refractivity contribution in [1.82, 2.24) is 24.7 Å². The van der Waals surface area contributed by atoms with E-state index in [9.17, 15) is 4.79 Å². The molecule has 0 aliphatic carbocycles. The lowest BCUT2D eigenvalue weighted by atomic mass is 9.99. The molecule has 1 aliphatic heterocycles. The van der Waals surface area contributed by atoms with E-state index in [1.807, 2.05) is 42.3 Å². The fourth-order valence-corrected chi connectivity index (χ4v) is 2.71. The van der Waals surface area contributed by atoms with Gasteiger partial charge >= 0.3 is 0 Å². The van der Waals surface area contributed by atoms with E-state index in [1.165, 1.54) is 6.33 Å². The lowest BCUT2D eigenvalue weighted by Crippen LogP contribution is -2.52. The standard InChI is InChI=1S/C17H17N7O/c1-12-4-2-5-14(21-12)22-17(25)13-9-23(10-13)15-8-16(19-11-18-15)24-7-3-6-20-24/h2-8,11,13H,9-10H2,1H3,(H,21,22,25). The van der Waals surface area contributed by atoms with Crippen LogP contribution >= 0.6 is 0 Å². The highest BCUT2D eigenvalue weighted by atomic mass is 16.2. The van der Waals surface area contributed by atoms with E-state index in [2.05, 4.69) is 25.4 Å². The number of rotatable bonds is 4. The van der Waals surface area contributed by atoms with Gasteiger partial charge in [0.2, 0.25) is 5.91 Å². The largest absolute Gasteiger partial charge is 0.355 e. The molecule has 8 nitrogen and oxygen atoms in total. The average Bonchev–Trinajstić information content (AvgIpc) is 3.08. The monoisotopic (exact) mass is 335 g/mol. The number of pyridine rings is 1. The molecule has 3 aromatic heterocycles. The van der Waals surface area contributed by atoms with E-state index in [0.717, 1.165) is 11.5 Å². The summed E-state index contributed by atoms with van der Waals surface area (Å²) >= 11 is 0. The highest BCUT2D eigenvalue weighted by molar-refractivity contribution is 5.93. The second-order valence-corrected chi connectivity index (χ2v) is 5.94. The van der Waals surface area contributed by atoms with Crippen molar-refractivity contribution < 1.29 is 4.79 Å². The summed E-state index contributed by atoms with van der Waals surface area (Å²) in [6, 6.07) is 9.27. The topological polar surface area (TPSA) is 88.8 Å². The molecule has 0 unspecified atom stereocenters. The highest BCUT2D eigenvalue weighted by Gasteiger charge is 2.33. The van der Waals surface area contributed by atoms with E-state index in [-0.39, 0.29) is 11.8 Å². The van der Waals surface area contributed by atoms with Crippen LogP contribution in [-0.4, -0.2) is 43.7 Å². The molecule has 0 radical (unpaired) electrons. The van der Waals surface area contributed by atoms with E-state index >= 15 is 0 Å². The van der Waals surface area contributed by atoms with Crippen molar-refractivity contribution in [3.8, 4) is 5.82 Å². The van der Waals surface area contributed by atoms with Crippen molar-refractivity contribution in [2.45, 2.75) is 6.92 Å². The number of anilines is 2. The van der Waals surface area contributed by atoms with E-state index in [1.54, 1.807) is 16.9 Å². The summed E-state index contributed by atoms with van der Waals surface area (Å²) < 4.78 is 1.68. The maximum absolute atomic E-state index is 12.3. The van der Waals surface area contributed by atoms with Gasteiger partial charge in [0.15, 0.2) is 5.82 Å². The summed E-state index contributed by atoms with van der Waals surface area (Å²) in [5.41, 5.74) is 0.875. The number of carbonyl (C=O) groups excluding carboxylic acids is 1. The summed E-state index contributed by atoms with van der Waals surface area (Å²) in [4.78, 5) is 27.2. The number of hydrogen-bond acceptors (Lipinski definition) is 6. The third-order valence-corrected chi connectivity index (χ3v) is 4.09. The van der Waals surface area contributed by atoms with Gasteiger partial charge in [-0.3, -0.25) is 4.79 Å². The molecule has 1 aliphatic rings. The van der Waals surface area contributed by atoms with Gasteiger partial charge in [-0.1, -0.05) is 6.07 Å². The Bertz CT molecular complexity index is 888. The predicted octanol–water partition coefficient (Wildman–Crippen LogP) is 1.44. The zero-order chi connectivity index (χ0) is 17.2. The van der Waals surface area contributed by atoms with E-state index in [0.29, 0.717) is 24.7 Å². The van der Waals surface area contributed by atoms with Gasteiger partial charge in [-0.05, 0) is 25.1 Å². The molecule has 0 spiro atoms. The number of hydrogen-bond donors (Lipinski definition) is 1. The van der Waals surface area contributed by atoms with E-state index < -0.39 is 0 Å². The maximum atomic E-state index is 12.3. The molecular formula is C17H17N7O. The van der Waals surface area contributed by atoms with Crippen LogP contribution in [0.15, 0.2) is 49.1 Å². The predicted molar refractivity (Wildman–Crippen MR) is 92.5 cm³/mol. The number of nitrogens with one attached hydrogen (secondary N) is 1. The molecule has 126 valence electrons. The van der Waals surface area contributed by atoms with E-state index in [4.69, 9.17) is 0 Å². The van der Waals surface area contributed by atoms with Gasteiger partial charge in [0, 0.05) is 37.2 Å². The van der Waals surface area contributed by atoms with Gasteiger partial charge in [0.1, 0.15) is 18.0 Å². The molecule has 25 heavy (non-hydrogen) atoms. The van der Waals surface area contributed by atoms with Gasteiger partial charge in [0.25, 0.3) is 0 Å². The molecule has 1 saturated heterocycles. The zero-order valence-electron chi connectivity index (χ0n) is 13.7. The fourth-order valence-electron chi connectivity index (χ4n) is 2.71. The SMILES string of the molecule is Cc1cccc(NC(=O)C2CN(c3cc(-n4cccn4)ncn3)C2)n1. The van der Waals surface area contributed by atoms with Crippen molar-refractivity contribution in [1.29, 1.82) is 0 Å². The van der Waals surface area contributed by atoms with Gasteiger partial charge in [-0.15, -0.1) is 0 Å². The average molecular weight is 335 g/mol. The van der Waals surface area contributed by atoms with Crippen LogP contribution in [0.1, 0.15) is 5.69 Å². The van der Waals surface area contributed by atoms with Crippen LogP contribution < -0.4 is 10.2 Å². The lowest BCUT2D eigenvalue weighted by Gasteiger charge is -2.38. The van der Waals surface area contributed by atoms with Crippen LogP contribution in [-0.2, 0) is 4.79 Å². The van der Waals surface area contributed by atoms with Crippen LogP contribution in [0.5, 0.6) is 0 Å². The smallest absolute Gasteiger partial charge is 0.232 e. The molecule has 1 amide bonds. The number of aromatic nitrogens is 5. The van der Waals surface area contributed by atoms with Crippen LogP contribution in [0.25, 0.3) is 5.82 Å². The molecule has 4 heterocycles. The number of carbonyl (C=O) groups is 1. The second kappa shape index (κ2) is 6.31. The fraction of sp³-hybridized carbons (Fsp3) is 0.235. The Morgan fingerprint density at radius 1 is 1.20 bits per heavy atom. The molecule has 8 heteroatoms. The first-order valence-electron chi connectivity index (χ1n) is 8.00. The van der Waals surface area contributed by atoms with Crippen molar-refractivity contribution in [3.05, 3.63) is 54.7 Å². The Morgan fingerprint density at radius 3 is 2.80 bits per heavy atom. The van der Waals surface area contributed by atoms with Crippen molar-refractivity contribution in [3.63, 3.8) is 0 Å². The van der Waals surface area contributed by atoms with Crippen LogP contribution in [0.4, 0.5) is 11.6 Å². The van der Waals surface area contributed by atoms with Crippen molar-refractivity contribution >= 4 is 17.5 Å².